The van der Waals surface area contributed by atoms with Crippen LogP contribution in [0, 0.1) is 0 Å². The van der Waals surface area contributed by atoms with Gasteiger partial charge in [0, 0.05) is 29.7 Å². The van der Waals surface area contributed by atoms with E-state index >= 15 is 0 Å². The molecule has 0 spiro atoms. The van der Waals surface area contributed by atoms with Gasteiger partial charge in [-0.15, -0.1) is 10.2 Å². The first-order valence-corrected chi connectivity index (χ1v) is 6.44. The summed E-state index contributed by atoms with van der Waals surface area (Å²) >= 11 is 0. The molecule has 0 amide bonds. The van der Waals surface area contributed by atoms with Crippen LogP contribution in [-0.4, -0.2) is 39.4 Å². The summed E-state index contributed by atoms with van der Waals surface area (Å²) in [6.07, 6.45) is 5.22. The number of nitrogens with zero attached hydrogens (tertiary/aromatic N) is 4. The van der Waals surface area contributed by atoms with Crippen molar-refractivity contribution in [1.29, 1.82) is 0 Å². The van der Waals surface area contributed by atoms with Crippen LogP contribution >= 0.6 is 0 Å². The second-order valence-corrected chi connectivity index (χ2v) is 4.41. The first kappa shape index (κ1) is 13.8. The molecular formula is C14H14N6O2. The standard InChI is InChI=1S/C14H14N6O2/c1-21-13-10(7-17-14(18-13)22-2)11-5-9(12(15)20-19-11)8-3-4-16-6-8/h3-7,16H,1-2H3,(H2,15,20). The lowest BCUT2D eigenvalue weighted by atomic mass is 10.1. The highest BCUT2D eigenvalue weighted by molar-refractivity contribution is 5.78. The van der Waals surface area contributed by atoms with Crippen molar-refractivity contribution in [2.75, 3.05) is 20.0 Å². The molecule has 3 heterocycles. The van der Waals surface area contributed by atoms with Gasteiger partial charge in [0.1, 0.15) is 5.69 Å². The highest BCUT2D eigenvalue weighted by Gasteiger charge is 2.15. The maximum atomic E-state index is 5.90. The summed E-state index contributed by atoms with van der Waals surface area (Å²) in [4.78, 5) is 11.2. The maximum Gasteiger partial charge on any atom is 0.319 e. The van der Waals surface area contributed by atoms with E-state index in [9.17, 15) is 0 Å². The van der Waals surface area contributed by atoms with Gasteiger partial charge in [0.25, 0.3) is 0 Å². The van der Waals surface area contributed by atoms with Gasteiger partial charge in [-0.3, -0.25) is 0 Å². The molecule has 0 atom stereocenters. The molecule has 0 unspecified atom stereocenters. The number of nitrogens with one attached hydrogen (secondary N) is 1. The third-order valence-corrected chi connectivity index (χ3v) is 3.11. The number of aromatic nitrogens is 5. The van der Waals surface area contributed by atoms with Gasteiger partial charge in [0.2, 0.25) is 5.88 Å². The number of hydrogen-bond donors (Lipinski definition) is 2. The van der Waals surface area contributed by atoms with Crippen molar-refractivity contribution >= 4 is 5.82 Å². The van der Waals surface area contributed by atoms with Crippen LogP contribution in [0.5, 0.6) is 11.9 Å². The molecule has 3 aromatic rings. The van der Waals surface area contributed by atoms with Crippen LogP contribution < -0.4 is 15.2 Å². The minimum Gasteiger partial charge on any atom is -0.480 e. The summed E-state index contributed by atoms with van der Waals surface area (Å²) in [7, 11) is 3.00. The summed E-state index contributed by atoms with van der Waals surface area (Å²) in [6, 6.07) is 3.94. The Morgan fingerprint density at radius 1 is 1.14 bits per heavy atom. The quantitative estimate of drug-likeness (QED) is 0.751. The topological polar surface area (TPSA) is 112 Å². The molecule has 0 aliphatic rings. The summed E-state index contributed by atoms with van der Waals surface area (Å²) < 4.78 is 10.3. The van der Waals surface area contributed by atoms with E-state index in [1.807, 2.05) is 24.5 Å². The molecule has 0 radical (unpaired) electrons. The Labute approximate surface area is 126 Å². The van der Waals surface area contributed by atoms with Crippen molar-refractivity contribution in [3.8, 4) is 34.3 Å². The van der Waals surface area contributed by atoms with E-state index in [4.69, 9.17) is 15.2 Å². The average Bonchev–Trinajstić information content (AvgIpc) is 3.09. The minimum absolute atomic E-state index is 0.217. The molecule has 0 bridgehead atoms. The number of anilines is 1. The van der Waals surface area contributed by atoms with E-state index in [2.05, 4.69) is 25.1 Å². The van der Waals surface area contributed by atoms with Gasteiger partial charge in [-0.05, 0) is 12.1 Å². The van der Waals surface area contributed by atoms with Gasteiger partial charge in [0.15, 0.2) is 5.82 Å². The van der Waals surface area contributed by atoms with Crippen LogP contribution in [-0.2, 0) is 0 Å². The largest absolute Gasteiger partial charge is 0.480 e. The lowest BCUT2D eigenvalue weighted by molar-refractivity contribution is 0.353. The molecule has 8 heteroatoms. The smallest absolute Gasteiger partial charge is 0.319 e. The molecule has 0 saturated heterocycles. The predicted octanol–water partition coefficient (Wildman–Crippen LogP) is 1.53. The second kappa shape index (κ2) is 5.68. The third kappa shape index (κ3) is 2.41. The van der Waals surface area contributed by atoms with Crippen molar-refractivity contribution in [3.05, 3.63) is 30.7 Å². The molecule has 0 saturated carbocycles. The van der Waals surface area contributed by atoms with E-state index in [0.717, 1.165) is 11.1 Å². The monoisotopic (exact) mass is 298 g/mol. The molecule has 0 aromatic carbocycles. The van der Waals surface area contributed by atoms with E-state index in [0.29, 0.717) is 23.0 Å². The van der Waals surface area contributed by atoms with Gasteiger partial charge in [0.05, 0.1) is 19.8 Å². The molecule has 0 aliphatic carbocycles. The van der Waals surface area contributed by atoms with E-state index in [1.54, 1.807) is 6.20 Å². The zero-order valence-corrected chi connectivity index (χ0v) is 12.1. The second-order valence-electron chi connectivity index (χ2n) is 4.41. The normalized spacial score (nSPS) is 10.5. The molecule has 22 heavy (non-hydrogen) atoms. The van der Waals surface area contributed by atoms with Gasteiger partial charge < -0.3 is 20.2 Å². The summed E-state index contributed by atoms with van der Waals surface area (Å²) in [5.74, 6) is 0.697. The van der Waals surface area contributed by atoms with E-state index < -0.39 is 0 Å². The van der Waals surface area contributed by atoms with Crippen molar-refractivity contribution in [2.45, 2.75) is 0 Å². The van der Waals surface area contributed by atoms with Crippen molar-refractivity contribution in [1.82, 2.24) is 25.1 Å². The maximum absolute atomic E-state index is 5.90. The molecule has 0 aliphatic heterocycles. The van der Waals surface area contributed by atoms with Crippen LogP contribution in [0.2, 0.25) is 0 Å². The highest BCUT2D eigenvalue weighted by atomic mass is 16.5. The lowest BCUT2D eigenvalue weighted by Crippen LogP contribution is -2.01. The fourth-order valence-corrected chi connectivity index (χ4v) is 2.04. The molecule has 3 rings (SSSR count). The Bertz CT molecular complexity index is 788. The number of ether oxygens (including phenoxy) is 2. The molecule has 0 fully saturated rings. The SMILES string of the molecule is COc1ncc(-c2cc(-c3cc[nH]c3)c(N)nn2)c(OC)n1. The lowest BCUT2D eigenvalue weighted by Gasteiger charge is -2.09. The summed E-state index contributed by atoms with van der Waals surface area (Å²) in [6.45, 7) is 0. The van der Waals surface area contributed by atoms with Gasteiger partial charge in [-0.1, -0.05) is 0 Å². The van der Waals surface area contributed by atoms with E-state index in [-0.39, 0.29) is 6.01 Å². The Morgan fingerprint density at radius 2 is 2.00 bits per heavy atom. The van der Waals surface area contributed by atoms with Crippen molar-refractivity contribution in [3.63, 3.8) is 0 Å². The summed E-state index contributed by atoms with van der Waals surface area (Å²) in [5, 5.41) is 8.10. The van der Waals surface area contributed by atoms with Gasteiger partial charge >= 0.3 is 6.01 Å². The van der Waals surface area contributed by atoms with E-state index in [1.165, 1.54) is 14.2 Å². The Kier molecular flexibility index (Phi) is 3.57. The van der Waals surface area contributed by atoms with Gasteiger partial charge in [-0.2, -0.15) is 4.98 Å². The highest BCUT2D eigenvalue weighted by Crippen LogP contribution is 2.31. The Hall–Kier alpha value is -3.16. The number of H-pyrrole nitrogens is 1. The number of hydrogen-bond acceptors (Lipinski definition) is 7. The molecule has 3 N–H and O–H groups in total. The molecule has 3 aromatic heterocycles. The van der Waals surface area contributed by atoms with Crippen LogP contribution in [0.1, 0.15) is 0 Å². The molecule has 112 valence electrons. The van der Waals surface area contributed by atoms with Crippen LogP contribution in [0.4, 0.5) is 5.82 Å². The van der Waals surface area contributed by atoms with Gasteiger partial charge in [-0.25, -0.2) is 4.98 Å². The number of rotatable bonds is 4. The summed E-state index contributed by atoms with van der Waals surface area (Å²) in [5.41, 5.74) is 8.76. The van der Waals surface area contributed by atoms with Crippen LogP contribution in [0.25, 0.3) is 22.4 Å². The fraction of sp³-hybridized carbons (Fsp3) is 0.143. The zero-order valence-electron chi connectivity index (χ0n) is 12.1. The Balaban J connectivity index is 2.11. The third-order valence-electron chi connectivity index (χ3n) is 3.11. The predicted molar refractivity (Wildman–Crippen MR) is 80.4 cm³/mol. The van der Waals surface area contributed by atoms with Crippen LogP contribution in [0.15, 0.2) is 30.7 Å². The number of aromatic amines is 1. The average molecular weight is 298 g/mol. The number of nitrogen functional groups attached to an aromatic ring is 1. The van der Waals surface area contributed by atoms with Crippen molar-refractivity contribution < 1.29 is 9.47 Å². The number of nitrogens with two attached hydrogens (primary N) is 1. The minimum atomic E-state index is 0.217. The molecule has 8 nitrogen and oxygen atoms in total. The first-order valence-electron chi connectivity index (χ1n) is 6.44. The first-order chi connectivity index (χ1) is 10.7. The fourth-order valence-electron chi connectivity index (χ4n) is 2.04. The Morgan fingerprint density at radius 3 is 2.68 bits per heavy atom. The van der Waals surface area contributed by atoms with Crippen LogP contribution in [0.3, 0.4) is 0 Å². The molecular weight excluding hydrogens is 284 g/mol. The van der Waals surface area contributed by atoms with Crippen molar-refractivity contribution in [2.24, 2.45) is 0 Å². The number of methoxy groups -OCH3 is 2. The zero-order chi connectivity index (χ0) is 15.5.